The molecule has 1 aromatic rings. The molecular weight excluding hydrogens is 190 g/mol. The van der Waals surface area contributed by atoms with Crippen LogP contribution in [0.4, 0.5) is 5.69 Å². The van der Waals surface area contributed by atoms with Gasteiger partial charge in [0.05, 0.1) is 11.3 Å². The topological polar surface area (TPSA) is 62.3 Å². The smallest absolute Gasteiger partial charge is 0.121 e. The fraction of sp³-hybridized carbons (Fsp3) is 0.364. The van der Waals surface area contributed by atoms with Gasteiger partial charge < -0.3 is 15.4 Å². The minimum atomic E-state index is 0.458. The molecule has 0 atom stereocenters. The van der Waals surface area contributed by atoms with Gasteiger partial charge in [-0.1, -0.05) is 0 Å². The Morgan fingerprint density at radius 3 is 2.73 bits per heavy atom. The number of rotatable bonds is 4. The molecule has 2 N–H and O–H groups in total. The number of benzene rings is 1. The molecule has 0 saturated heterocycles. The average Bonchev–Trinajstić information content (AvgIpc) is 2.17. The number of nitrogen functional groups attached to an aromatic ring is 1. The van der Waals surface area contributed by atoms with Crippen LogP contribution in [0.2, 0.25) is 0 Å². The van der Waals surface area contributed by atoms with Crippen LogP contribution in [0.15, 0.2) is 18.2 Å². The molecule has 0 unspecified atom stereocenters. The van der Waals surface area contributed by atoms with E-state index in [1.807, 2.05) is 25.1 Å². The van der Waals surface area contributed by atoms with Gasteiger partial charge in [0.1, 0.15) is 18.4 Å². The van der Waals surface area contributed by atoms with Gasteiger partial charge in [-0.05, 0) is 26.2 Å². The third-order valence-corrected chi connectivity index (χ3v) is 1.95. The fourth-order valence-electron chi connectivity index (χ4n) is 1.08. The molecule has 0 heterocycles. The molecule has 0 amide bonds. The zero-order valence-electron chi connectivity index (χ0n) is 9.03. The zero-order chi connectivity index (χ0) is 11.3. The molecule has 0 aliphatic heterocycles. The van der Waals surface area contributed by atoms with E-state index in [1.165, 1.54) is 0 Å². The summed E-state index contributed by atoms with van der Waals surface area (Å²) in [7, 11) is 3.97. The standard InChI is InChI=1S/C11H15N3O/c1-14(2)5-6-15-10-4-3-9(8-12)11(13)7-10/h3-4,7H,5-6,13H2,1-2H3. The largest absolute Gasteiger partial charge is 0.492 e. The van der Waals surface area contributed by atoms with E-state index in [-0.39, 0.29) is 0 Å². The monoisotopic (exact) mass is 205 g/mol. The molecule has 0 fully saturated rings. The van der Waals surface area contributed by atoms with Crippen LogP contribution in [0.1, 0.15) is 5.56 Å². The summed E-state index contributed by atoms with van der Waals surface area (Å²) >= 11 is 0. The Kier molecular flexibility index (Phi) is 3.95. The molecule has 0 saturated carbocycles. The summed E-state index contributed by atoms with van der Waals surface area (Å²) in [5.74, 6) is 0.702. The van der Waals surface area contributed by atoms with Crippen molar-refractivity contribution in [2.45, 2.75) is 0 Å². The third kappa shape index (κ3) is 3.49. The predicted octanol–water partition coefficient (Wildman–Crippen LogP) is 1.08. The van der Waals surface area contributed by atoms with Crippen LogP contribution in [0.3, 0.4) is 0 Å². The molecular formula is C11H15N3O. The first-order valence-electron chi connectivity index (χ1n) is 4.70. The summed E-state index contributed by atoms with van der Waals surface area (Å²) in [6, 6.07) is 7.10. The number of nitrogens with zero attached hydrogens (tertiary/aromatic N) is 2. The van der Waals surface area contributed by atoms with Crippen molar-refractivity contribution in [2.24, 2.45) is 0 Å². The summed E-state index contributed by atoms with van der Waals surface area (Å²) in [4.78, 5) is 2.03. The van der Waals surface area contributed by atoms with Crippen LogP contribution in [0.25, 0.3) is 0 Å². The number of likely N-dealkylation sites (N-methyl/N-ethyl adjacent to an activating group) is 1. The number of nitrogens with two attached hydrogens (primary N) is 1. The van der Waals surface area contributed by atoms with Gasteiger partial charge in [-0.3, -0.25) is 0 Å². The minimum absolute atomic E-state index is 0.458. The van der Waals surface area contributed by atoms with E-state index in [9.17, 15) is 0 Å². The molecule has 15 heavy (non-hydrogen) atoms. The highest BCUT2D eigenvalue weighted by atomic mass is 16.5. The molecule has 4 heteroatoms. The van der Waals surface area contributed by atoms with E-state index in [1.54, 1.807) is 18.2 Å². The fourth-order valence-corrected chi connectivity index (χ4v) is 1.08. The van der Waals surface area contributed by atoms with E-state index in [0.29, 0.717) is 23.6 Å². The second-order valence-electron chi connectivity index (χ2n) is 3.51. The van der Waals surface area contributed by atoms with Crippen molar-refractivity contribution < 1.29 is 4.74 Å². The van der Waals surface area contributed by atoms with Crippen molar-refractivity contribution in [3.8, 4) is 11.8 Å². The molecule has 0 spiro atoms. The highest BCUT2D eigenvalue weighted by Gasteiger charge is 2.00. The van der Waals surface area contributed by atoms with Crippen LogP contribution in [0, 0.1) is 11.3 Å². The van der Waals surface area contributed by atoms with Gasteiger partial charge in [0, 0.05) is 12.6 Å². The molecule has 1 rings (SSSR count). The Morgan fingerprint density at radius 2 is 2.20 bits per heavy atom. The Bertz CT molecular complexity index is 369. The van der Waals surface area contributed by atoms with Crippen molar-refractivity contribution in [1.82, 2.24) is 4.90 Å². The predicted molar refractivity (Wildman–Crippen MR) is 59.6 cm³/mol. The van der Waals surface area contributed by atoms with Gasteiger partial charge >= 0.3 is 0 Å². The number of hydrogen-bond acceptors (Lipinski definition) is 4. The lowest BCUT2D eigenvalue weighted by Crippen LogP contribution is -2.19. The maximum Gasteiger partial charge on any atom is 0.121 e. The van der Waals surface area contributed by atoms with Crippen LogP contribution in [0.5, 0.6) is 5.75 Å². The van der Waals surface area contributed by atoms with Gasteiger partial charge in [0.15, 0.2) is 0 Å². The van der Waals surface area contributed by atoms with E-state index < -0.39 is 0 Å². The summed E-state index contributed by atoms with van der Waals surface area (Å²) in [5.41, 5.74) is 6.59. The first-order chi connectivity index (χ1) is 7.13. The van der Waals surface area contributed by atoms with Crippen molar-refractivity contribution in [2.75, 3.05) is 33.0 Å². The van der Waals surface area contributed by atoms with Crippen molar-refractivity contribution >= 4 is 5.69 Å². The number of anilines is 1. The minimum Gasteiger partial charge on any atom is -0.492 e. The van der Waals surface area contributed by atoms with Crippen LogP contribution in [-0.2, 0) is 0 Å². The first kappa shape index (κ1) is 11.3. The van der Waals surface area contributed by atoms with Gasteiger partial charge in [-0.2, -0.15) is 5.26 Å². The molecule has 4 nitrogen and oxygen atoms in total. The van der Waals surface area contributed by atoms with Crippen LogP contribution >= 0.6 is 0 Å². The lowest BCUT2D eigenvalue weighted by atomic mass is 10.2. The van der Waals surface area contributed by atoms with Gasteiger partial charge in [0.2, 0.25) is 0 Å². The molecule has 0 aliphatic carbocycles. The Hall–Kier alpha value is -1.73. The molecule has 0 radical (unpaired) electrons. The highest BCUT2D eigenvalue weighted by molar-refractivity contribution is 5.56. The second kappa shape index (κ2) is 5.23. The van der Waals surface area contributed by atoms with Gasteiger partial charge in [0.25, 0.3) is 0 Å². The van der Waals surface area contributed by atoms with Crippen molar-refractivity contribution in [1.29, 1.82) is 5.26 Å². The molecule has 0 aliphatic rings. The summed E-state index contributed by atoms with van der Waals surface area (Å²) in [5, 5.41) is 8.68. The molecule has 0 bridgehead atoms. The molecule has 80 valence electrons. The van der Waals surface area contributed by atoms with Gasteiger partial charge in [-0.25, -0.2) is 0 Å². The number of hydrogen-bond donors (Lipinski definition) is 1. The Labute approximate surface area is 89.9 Å². The summed E-state index contributed by atoms with van der Waals surface area (Å²) in [6.07, 6.45) is 0. The quantitative estimate of drug-likeness (QED) is 0.747. The Balaban J connectivity index is 2.57. The van der Waals surface area contributed by atoms with E-state index in [2.05, 4.69) is 0 Å². The third-order valence-electron chi connectivity index (χ3n) is 1.95. The normalized spacial score (nSPS) is 10.0. The zero-order valence-corrected chi connectivity index (χ0v) is 9.03. The number of nitriles is 1. The van der Waals surface area contributed by atoms with Crippen LogP contribution < -0.4 is 10.5 Å². The lowest BCUT2D eigenvalue weighted by Gasteiger charge is -2.11. The highest BCUT2D eigenvalue weighted by Crippen LogP contribution is 2.18. The van der Waals surface area contributed by atoms with Gasteiger partial charge in [-0.15, -0.1) is 0 Å². The van der Waals surface area contributed by atoms with Crippen molar-refractivity contribution in [3.63, 3.8) is 0 Å². The first-order valence-corrected chi connectivity index (χ1v) is 4.70. The molecule has 0 aromatic heterocycles. The lowest BCUT2D eigenvalue weighted by molar-refractivity contribution is 0.261. The van der Waals surface area contributed by atoms with E-state index >= 15 is 0 Å². The second-order valence-corrected chi connectivity index (χ2v) is 3.51. The van der Waals surface area contributed by atoms with Crippen LogP contribution in [-0.4, -0.2) is 32.1 Å². The summed E-state index contributed by atoms with van der Waals surface area (Å²) < 4.78 is 5.47. The molecule has 1 aromatic carbocycles. The maximum absolute atomic E-state index is 8.68. The maximum atomic E-state index is 8.68. The van der Waals surface area contributed by atoms with E-state index in [0.717, 1.165) is 6.54 Å². The Morgan fingerprint density at radius 1 is 1.47 bits per heavy atom. The van der Waals surface area contributed by atoms with E-state index in [4.69, 9.17) is 15.7 Å². The van der Waals surface area contributed by atoms with Crippen molar-refractivity contribution in [3.05, 3.63) is 23.8 Å². The SMILES string of the molecule is CN(C)CCOc1ccc(C#N)c(N)c1. The number of ether oxygens (including phenoxy) is 1. The average molecular weight is 205 g/mol. The summed E-state index contributed by atoms with van der Waals surface area (Å²) in [6.45, 7) is 1.46.